The molecule has 0 bridgehead atoms. The second kappa shape index (κ2) is 5.92. The maximum Gasteiger partial charge on any atom is 0.261 e. The van der Waals surface area contributed by atoms with Gasteiger partial charge in [-0.15, -0.1) is 0 Å². The average Bonchev–Trinajstić information content (AvgIpc) is 3.00. The van der Waals surface area contributed by atoms with Crippen LogP contribution in [0.5, 0.6) is 5.75 Å². The van der Waals surface area contributed by atoms with Crippen LogP contribution in [0.3, 0.4) is 0 Å². The summed E-state index contributed by atoms with van der Waals surface area (Å²) in [4.78, 5) is 0.213. The van der Waals surface area contributed by atoms with Crippen molar-refractivity contribution in [3.63, 3.8) is 0 Å². The molecular weight excluding hydrogens is 314 g/mol. The number of rotatable bonds is 5. The molecule has 1 aromatic heterocycles. The summed E-state index contributed by atoms with van der Waals surface area (Å²) in [6.07, 6.45) is 1.62. The van der Waals surface area contributed by atoms with Crippen LogP contribution in [0.4, 0.5) is 5.69 Å². The molecule has 0 spiro atoms. The Bertz CT molecular complexity index is 931. The lowest BCUT2D eigenvalue weighted by molar-refractivity contribution is 0.344. The minimum Gasteiger partial charge on any atom is -0.493 e. The van der Waals surface area contributed by atoms with Gasteiger partial charge in [0, 0.05) is 0 Å². The summed E-state index contributed by atoms with van der Waals surface area (Å²) in [5.41, 5.74) is 2.02. The van der Waals surface area contributed by atoms with Crippen molar-refractivity contribution in [3.8, 4) is 5.75 Å². The van der Waals surface area contributed by atoms with Gasteiger partial charge in [-0.3, -0.25) is 9.82 Å². The van der Waals surface area contributed by atoms with E-state index in [0.29, 0.717) is 23.6 Å². The first-order chi connectivity index (χ1) is 11.0. The molecule has 3 aromatic rings. The fourth-order valence-electron chi connectivity index (χ4n) is 2.30. The number of hydrogen-bond donors (Lipinski definition) is 2. The fraction of sp³-hybridized carbons (Fsp3) is 0.188. The number of aromatic nitrogens is 2. The van der Waals surface area contributed by atoms with Crippen LogP contribution in [-0.4, -0.2) is 25.2 Å². The highest BCUT2D eigenvalue weighted by molar-refractivity contribution is 7.92. The lowest BCUT2D eigenvalue weighted by Gasteiger charge is -2.11. The summed E-state index contributed by atoms with van der Waals surface area (Å²) in [6.45, 7) is 4.32. The van der Waals surface area contributed by atoms with Gasteiger partial charge < -0.3 is 4.74 Å². The van der Waals surface area contributed by atoms with Crippen LogP contribution < -0.4 is 9.46 Å². The molecule has 6 nitrogen and oxygen atoms in total. The van der Waals surface area contributed by atoms with Crippen molar-refractivity contribution in [2.75, 3.05) is 11.3 Å². The van der Waals surface area contributed by atoms with E-state index in [1.165, 1.54) is 0 Å². The number of aryl methyl sites for hydroxylation is 1. The molecule has 23 heavy (non-hydrogen) atoms. The molecule has 0 amide bonds. The molecule has 0 unspecified atom stereocenters. The highest BCUT2D eigenvalue weighted by atomic mass is 32.2. The van der Waals surface area contributed by atoms with Crippen molar-refractivity contribution in [1.82, 2.24) is 10.2 Å². The van der Waals surface area contributed by atoms with Gasteiger partial charge >= 0.3 is 0 Å². The van der Waals surface area contributed by atoms with E-state index in [1.807, 2.05) is 13.8 Å². The van der Waals surface area contributed by atoms with Crippen LogP contribution in [0.1, 0.15) is 12.5 Å². The van der Waals surface area contributed by atoms with Gasteiger partial charge in [0.2, 0.25) is 0 Å². The van der Waals surface area contributed by atoms with Crippen molar-refractivity contribution in [1.29, 1.82) is 0 Å². The summed E-state index contributed by atoms with van der Waals surface area (Å²) in [5.74, 6) is 0.662. The number of aromatic amines is 1. The molecule has 0 aliphatic heterocycles. The van der Waals surface area contributed by atoms with E-state index in [0.717, 1.165) is 10.9 Å². The Morgan fingerprint density at radius 1 is 1.17 bits per heavy atom. The maximum absolute atomic E-state index is 12.5. The van der Waals surface area contributed by atoms with Gasteiger partial charge in [-0.25, -0.2) is 8.42 Å². The molecule has 0 aliphatic rings. The van der Waals surface area contributed by atoms with E-state index in [4.69, 9.17) is 4.74 Å². The van der Waals surface area contributed by atoms with Crippen LogP contribution in [0.15, 0.2) is 47.5 Å². The molecule has 2 aromatic carbocycles. The number of nitrogens with one attached hydrogen (secondary N) is 2. The topological polar surface area (TPSA) is 84.1 Å². The lowest BCUT2D eigenvalue weighted by Crippen LogP contribution is -2.13. The van der Waals surface area contributed by atoms with Crippen LogP contribution in [0.2, 0.25) is 0 Å². The van der Waals surface area contributed by atoms with Gasteiger partial charge in [0.05, 0.1) is 34.3 Å². The molecule has 7 heteroatoms. The zero-order chi connectivity index (χ0) is 16.4. The van der Waals surface area contributed by atoms with Gasteiger partial charge in [0.1, 0.15) is 5.75 Å². The molecule has 120 valence electrons. The maximum atomic E-state index is 12.5. The minimum atomic E-state index is -3.66. The van der Waals surface area contributed by atoms with Crippen molar-refractivity contribution >= 4 is 26.6 Å². The fourth-order valence-corrected chi connectivity index (χ4v) is 3.37. The first-order valence-corrected chi connectivity index (χ1v) is 8.68. The molecule has 0 saturated carbocycles. The van der Waals surface area contributed by atoms with Crippen molar-refractivity contribution < 1.29 is 13.2 Å². The first-order valence-electron chi connectivity index (χ1n) is 7.19. The number of sulfonamides is 1. The van der Waals surface area contributed by atoms with Crippen molar-refractivity contribution in [3.05, 3.63) is 48.2 Å². The summed E-state index contributed by atoms with van der Waals surface area (Å²) >= 11 is 0. The number of fused-ring (bicyclic) bond motifs is 1. The third-order valence-electron chi connectivity index (χ3n) is 3.45. The Labute approximate surface area is 134 Å². The van der Waals surface area contributed by atoms with Gasteiger partial charge in [0.25, 0.3) is 10.0 Å². The first kappa shape index (κ1) is 15.4. The predicted octanol–water partition coefficient (Wildman–Crippen LogP) is 3.07. The van der Waals surface area contributed by atoms with Crippen LogP contribution in [0, 0.1) is 6.92 Å². The number of hydrogen-bond acceptors (Lipinski definition) is 4. The van der Waals surface area contributed by atoms with Crippen LogP contribution in [0.25, 0.3) is 10.9 Å². The smallest absolute Gasteiger partial charge is 0.261 e. The molecule has 3 rings (SSSR count). The Kier molecular flexibility index (Phi) is 3.96. The van der Waals surface area contributed by atoms with E-state index < -0.39 is 10.0 Å². The largest absolute Gasteiger partial charge is 0.493 e. The van der Waals surface area contributed by atoms with Crippen molar-refractivity contribution in [2.45, 2.75) is 18.7 Å². The number of ether oxygens (including phenoxy) is 1. The highest BCUT2D eigenvalue weighted by Gasteiger charge is 2.17. The van der Waals surface area contributed by atoms with E-state index in [2.05, 4.69) is 14.9 Å². The Morgan fingerprint density at radius 2 is 1.91 bits per heavy atom. The van der Waals surface area contributed by atoms with E-state index >= 15 is 0 Å². The number of benzene rings is 2. The zero-order valence-electron chi connectivity index (χ0n) is 12.8. The number of H-pyrrole nitrogens is 1. The minimum absolute atomic E-state index is 0.213. The number of anilines is 1. The summed E-state index contributed by atoms with van der Waals surface area (Å²) in [7, 11) is -3.66. The lowest BCUT2D eigenvalue weighted by atomic mass is 10.2. The normalized spacial score (nSPS) is 11.6. The Balaban J connectivity index is 2.00. The monoisotopic (exact) mass is 331 g/mol. The molecular formula is C16H17N3O3S. The SMILES string of the molecule is CCOc1ccc(NS(=O)(=O)c2ccc(C)cc2)c2[nH]ncc12. The molecule has 0 fully saturated rings. The van der Waals surface area contributed by atoms with Gasteiger partial charge in [-0.05, 0) is 38.1 Å². The average molecular weight is 331 g/mol. The van der Waals surface area contributed by atoms with Crippen molar-refractivity contribution in [2.24, 2.45) is 0 Å². The quantitative estimate of drug-likeness (QED) is 0.752. The van der Waals surface area contributed by atoms with E-state index in [9.17, 15) is 8.42 Å². The number of nitrogens with zero attached hydrogens (tertiary/aromatic N) is 1. The molecule has 0 radical (unpaired) electrons. The van der Waals surface area contributed by atoms with Crippen LogP contribution in [-0.2, 0) is 10.0 Å². The molecule has 0 saturated heterocycles. The second-order valence-corrected chi connectivity index (χ2v) is 6.80. The summed E-state index contributed by atoms with van der Waals surface area (Å²) < 4.78 is 33.1. The van der Waals surface area contributed by atoms with E-state index in [1.54, 1.807) is 42.6 Å². The molecule has 2 N–H and O–H groups in total. The van der Waals surface area contributed by atoms with Gasteiger partial charge in [-0.1, -0.05) is 17.7 Å². The van der Waals surface area contributed by atoms with Gasteiger partial charge in [0.15, 0.2) is 0 Å². The summed E-state index contributed by atoms with van der Waals surface area (Å²) in [5, 5.41) is 7.52. The Hall–Kier alpha value is -2.54. The molecule has 0 aliphatic carbocycles. The molecule has 1 heterocycles. The van der Waals surface area contributed by atoms with Crippen LogP contribution >= 0.6 is 0 Å². The third kappa shape index (κ3) is 3.00. The summed E-state index contributed by atoms with van der Waals surface area (Å²) in [6, 6.07) is 10.1. The predicted molar refractivity (Wildman–Crippen MR) is 89.3 cm³/mol. The van der Waals surface area contributed by atoms with E-state index in [-0.39, 0.29) is 4.90 Å². The Morgan fingerprint density at radius 3 is 2.61 bits per heavy atom. The molecule has 0 atom stereocenters. The standard InChI is InChI=1S/C16H17N3O3S/c1-3-22-15-9-8-14(16-13(15)10-17-18-16)19-23(20,21)12-6-4-11(2)5-7-12/h4-10,19H,3H2,1-2H3,(H,17,18). The third-order valence-corrected chi connectivity index (χ3v) is 4.83. The highest BCUT2D eigenvalue weighted by Crippen LogP contribution is 2.31. The zero-order valence-corrected chi connectivity index (χ0v) is 13.6. The van der Waals surface area contributed by atoms with Gasteiger partial charge in [-0.2, -0.15) is 5.10 Å². The second-order valence-electron chi connectivity index (χ2n) is 5.12.